The Balaban J connectivity index is 2.37. The summed E-state index contributed by atoms with van der Waals surface area (Å²) in [7, 11) is 0. The lowest BCUT2D eigenvalue weighted by atomic mass is 10.0. The molecule has 0 saturated carbocycles. The molecule has 0 N–H and O–H groups in total. The molecule has 0 aromatic heterocycles. The van der Waals surface area contributed by atoms with E-state index in [4.69, 9.17) is 4.74 Å². The number of ether oxygens (including phenoxy) is 4. The summed E-state index contributed by atoms with van der Waals surface area (Å²) in [6, 6.07) is 2.42. The molecule has 0 radical (unpaired) electrons. The summed E-state index contributed by atoms with van der Waals surface area (Å²) in [6.07, 6.45) is -8.28. The average Bonchev–Trinajstić information content (AvgIpc) is 2.55. The second kappa shape index (κ2) is 7.69. The molecule has 11 heteroatoms. The summed E-state index contributed by atoms with van der Waals surface area (Å²) in [5.41, 5.74) is -1.23. The topological polar surface area (TPSA) is 54.0 Å². The predicted octanol–water partition coefficient (Wildman–Crippen LogP) is 3.79. The fourth-order valence-electron chi connectivity index (χ4n) is 2.01. The zero-order valence-electron chi connectivity index (χ0n) is 13.4. The van der Waals surface area contributed by atoms with Gasteiger partial charge in [0.1, 0.15) is 11.5 Å². The lowest BCUT2D eigenvalue weighted by Crippen LogP contribution is -2.40. The highest BCUT2D eigenvalue weighted by molar-refractivity contribution is 5.97. The monoisotopic (exact) mass is 396 g/mol. The number of alkyl halides is 6. The SMILES string of the molecule is CCOC#COC(=O)C1=Cc2cc(OC(F)(F)F)ccc2OC1C(F)(F)F. The van der Waals surface area contributed by atoms with E-state index in [1.54, 1.807) is 13.0 Å². The highest BCUT2D eigenvalue weighted by Crippen LogP contribution is 2.39. The van der Waals surface area contributed by atoms with Crippen molar-refractivity contribution in [2.75, 3.05) is 6.61 Å². The van der Waals surface area contributed by atoms with Crippen LogP contribution in [0.15, 0.2) is 23.8 Å². The van der Waals surface area contributed by atoms with Gasteiger partial charge in [0.2, 0.25) is 6.10 Å². The Kier molecular flexibility index (Phi) is 5.78. The fourth-order valence-corrected chi connectivity index (χ4v) is 2.01. The third kappa shape index (κ3) is 5.47. The zero-order valence-corrected chi connectivity index (χ0v) is 13.4. The first kappa shape index (κ1) is 20.3. The molecule has 1 aromatic rings. The summed E-state index contributed by atoms with van der Waals surface area (Å²) < 4.78 is 93.7. The smallest absolute Gasteiger partial charge is 0.475 e. The van der Waals surface area contributed by atoms with Crippen LogP contribution in [0.3, 0.4) is 0 Å². The Morgan fingerprint density at radius 3 is 2.48 bits per heavy atom. The van der Waals surface area contributed by atoms with Crippen molar-refractivity contribution < 1.29 is 50.1 Å². The molecule has 0 aliphatic carbocycles. The molecule has 1 atom stereocenters. The minimum atomic E-state index is -5.00. The van der Waals surface area contributed by atoms with E-state index in [-0.39, 0.29) is 17.9 Å². The molecule has 0 fully saturated rings. The Hall–Kier alpha value is -3.03. The van der Waals surface area contributed by atoms with E-state index in [0.29, 0.717) is 6.08 Å². The van der Waals surface area contributed by atoms with Crippen molar-refractivity contribution in [1.82, 2.24) is 0 Å². The maximum atomic E-state index is 13.2. The molecule has 1 aliphatic rings. The van der Waals surface area contributed by atoms with Crippen LogP contribution in [0.25, 0.3) is 6.08 Å². The van der Waals surface area contributed by atoms with E-state index >= 15 is 0 Å². The zero-order chi connectivity index (χ0) is 20.2. The summed E-state index contributed by atoms with van der Waals surface area (Å²) in [5, 5.41) is 0. The van der Waals surface area contributed by atoms with Crippen molar-refractivity contribution in [3.05, 3.63) is 29.3 Å². The number of esters is 1. The maximum Gasteiger partial charge on any atom is 0.573 e. The molecule has 1 unspecified atom stereocenters. The first-order valence-electron chi connectivity index (χ1n) is 7.19. The van der Waals surface area contributed by atoms with Gasteiger partial charge >= 0.3 is 18.5 Å². The lowest BCUT2D eigenvalue weighted by Gasteiger charge is -2.27. The number of rotatable bonds is 3. The number of halogens is 6. The molecule has 1 heterocycles. The number of hydrogen-bond acceptors (Lipinski definition) is 5. The van der Waals surface area contributed by atoms with Crippen molar-refractivity contribution in [2.24, 2.45) is 0 Å². The molecule has 27 heavy (non-hydrogen) atoms. The van der Waals surface area contributed by atoms with E-state index < -0.39 is 35.9 Å². The van der Waals surface area contributed by atoms with Gasteiger partial charge in [-0.3, -0.25) is 0 Å². The summed E-state index contributed by atoms with van der Waals surface area (Å²) >= 11 is 0. The van der Waals surface area contributed by atoms with Gasteiger partial charge in [0.05, 0.1) is 12.2 Å². The molecule has 0 bridgehead atoms. The molecule has 2 rings (SSSR count). The summed E-state index contributed by atoms with van der Waals surface area (Å²) in [4.78, 5) is 11.9. The average molecular weight is 396 g/mol. The standard InChI is InChI=1S/C16H10F6O5/c1-2-24-5-6-25-14(23)11-8-9-7-10(27-16(20,21)22)3-4-12(9)26-13(11)15(17,18)19/h3-4,7-8,13H,2H2,1H3. The van der Waals surface area contributed by atoms with Gasteiger partial charge in [0, 0.05) is 5.56 Å². The first-order chi connectivity index (χ1) is 12.5. The largest absolute Gasteiger partial charge is 0.573 e. The lowest BCUT2D eigenvalue weighted by molar-refractivity contribution is -0.274. The molecule has 146 valence electrons. The van der Waals surface area contributed by atoms with Gasteiger partial charge in [-0.25, -0.2) is 4.79 Å². The second-order valence-electron chi connectivity index (χ2n) is 4.91. The van der Waals surface area contributed by atoms with Gasteiger partial charge in [0.25, 0.3) is 0 Å². The van der Waals surface area contributed by atoms with Crippen molar-refractivity contribution in [3.8, 4) is 23.7 Å². The van der Waals surface area contributed by atoms with Crippen LogP contribution in [0.4, 0.5) is 26.3 Å². The van der Waals surface area contributed by atoms with Crippen LogP contribution in [-0.2, 0) is 14.3 Å². The third-order valence-electron chi connectivity index (χ3n) is 2.99. The van der Waals surface area contributed by atoms with Crippen LogP contribution >= 0.6 is 0 Å². The van der Waals surface area contributed by atoms with E-state index in [2.05, 4.69) is 14.2 Å². The number of benzene rings is 1. The number of carbonyl (C=O) groups excluding carboxylic acids is 1. The van der Waals surface area contributed by atoms with Gasteiger partial charge in [0.15, 0.2) is 12.2 Å². The molecule has 1 aromatic carbocycles. The van der Waals surface area contributed by atoms with Gasteiger partial charge in [-0.1, -0.05) is 0 Å². The Labute approximate surface area is 148 Å². The first-order valence-corrected chi connectivity index (χ1v) is 7.19. The van der Waals surface area contributed by atoms with Gasteiger partial charge in [-0.15, -0.1) is 13.2 Å². The molecule has 0 saturated heterocycles. The Morgan fingerprint density at radius 1 is 1.19 bits per heavy atom. The quantitative estimate of drug-likeness (QED) is 0.442. The van der Waals surface area contributed by atoms with Crippen molar-refractivity contribution in [2.45, 2.75) is 25.6 Å². The number of carbonyl (C=O) groups is 1. The van der Waals surface area contributed by atoms with Gasteiger partial charge < -0.3 is 18.9 Å². The molecule has 1 aliphatic heterocycles. The van der Waals surface area contributed by atoms with Crippen molar-refractivity contribution >= 4 is 12.0 Å². The molecular formula is C16H10F6O5. The fraction of sp³-hybridized carbons (Fsp3) is 0.312. The number of hydrogen-bond donors (Lipinski definition) is 0. The maximum absolute atomic E-state index is 13.2. The van der Waals surface area contributed by atoms with Gasteiger partial charge in [-0.05, 0) is 31.2 Å². The van der Waals surface area contributed by atoms with Crippen LogP contribution < -0.4 is 9.47 Å². The minimum Gasteiger partial charge on any atom is -0.475 e. The van der Waals surface area contributed by atoms with Crippen LogP contribution in [0, 0.1) is 12.2 Å². The highest BCUT2D eigenvalue weighted by Gasteiger charge is 2.49. The van der Waals surface area contributed by atoms with Crippen molar-refractivity contribution in [3.63, 3.8) is 0 Å². The van der Waals surface area contributed by atoms with Crippen LogP contribution in [0.2, 0.25) is 0 Å². The van der Waals surface area contributed by atoms with E-state index in [1.807, 2.05) is 6.11 Å². The van der Waals surface area contributed by atoms with E-state index in [9.17, 15) is 31.1 Å². The summed E-state index contributed by atoms with van der Waals surface area (Å²) in [6.45, 7) is 1.72. The van der Waals surface area contributed by atoms with Crippen LogP contribution in [0.1, 0.15) is 12.5 Å². The molecule has 5 nitrogen and oxygen atoms in total. The second-order valence-corrected chi connectivity index (χ2v) is 4.91. The Morgan fingerprint density at radius 2 is 1.89 bits per heavy atom. The van der Waals surface area contributed by atoms with Gasteiger partial charge in [-0.2, -0.15) is 13.2 Å². The van der Waals surface area contributed by atoms with Crippen LogP contribution in [-0.4, -0.2) is 31.2 Å². The van der Waals surface area contributed by atoms with E-state index in [1.165, 1.54) is 0 Å². The van der Waals surface area contributed by atoms with Crippen molar-refractivity contribution in [1.29, 1.82) is 0 Å². The summed E-state index contributed by atoms with van der Waals surface area (Å²) in [5.74, 6) is -2.57. The molecular weight excluding hydrogens is 386 g/mol. The number of fused-ring (bicyclic) bond motifs is 1. The van der Waals surface area contributed by atoms with Crippen LogP contribution in [0.5, 0.6) is 11.5 Å². The Bertz CT molecular complexity index is 800. The van der Waals surface area contributed by atoms with E-state index in [0.717, 1.165) is 18.2 Å². The minimum absolute atomic E-state index is 0.150. The molecule has 0 amide bonds. The highest BCUT2D eigenvalue weighted by atomic mass is 19.4. The molecule has 0 spiro atoms. The predicted molar refractivity (Wildman–Crippen MR) is 77.1 cm³/mol. The normalized spacial score (nSPS) is 16.1. The third-order valence-corrected chi connectivity index (χ3v) is 2.99.